The third kappa shape index (κ3) is 5.17. The molecule has 1 heterocycles. The Morgan fingerprint density at radius 1 is 1.21 bits per heavy atom. The molecule has 2 aromatic rings. The molecule has 29 heavy (non-hydrogen) atoms. The van der Waals surface area contributed by atoms with Crippen LogP contribution < -0.4 is 0 Å². The van der Waals surface area contributed by atoms with Gasteiger partial charge in [0.15, 0.2) is 5.17 Å². The molecular weight excluding hydrogens is 388 g/mol. The highest BCUT2D eigenvalue weighted by molar-refractivity contribution is 8.15. The van der Waals surface area contributed by atoms with Gasteiger partial charge in [-0.25, -0.2) is 0 Å². The molecule has 3 rings (SSSR count). The van der Waals surface area contributed by atoms with Crippen LogP contribution in [0, 0.1) is 17.0 Å². The maximum atomic E-state index is 12.8. The highest BCUT2D eigenvalue weighted by Crippen LogP contribution is 2.30. The van der Waals surface area contributed by atoms with Crippen molar-refractivity contribution in [3.8, 4) is 0 Å². The molecule has 0 saturated carbocycles. The van der Waals surface area contributed by atoms with Gasteiger partial charge in [-0.15, -0.1) is 11.7 Å². The fraction of sp³-hybridized carbons (Fsp3) is 0.190. The molecule has 1 atom stereocenters. The van der Waals surface area contributed by atoms with Crippen LogP contribution in [0.4, 0.5) is 5.69 Å². The van der Waals surface area contributed by atoms with Crippen molar-refractivity contribution in [2.75, 3.05) is 6.54 Å². The van der Waals surface area contributed by atoms with Crippen molar-refractivity contribution in [1.29, 1.82) is 0 Å². The van der Waals surface area contributed by atoms with Crippen LogP contribution in [0.2, 0.25) is 0 Å². The Bertz CT molecular complexity index is 968. The van der Waals surface area contributed by atoms with E-state index in [0.717, 1.165) is 5.56 Å². The fourth-order valence-electron chi connectivity index (χ4n) is 2.78. The third-order valence-corrected chi connectivity index (χ3v) is 5.49. The van der Waals surface area contributed by atoms with E-state index in [1.165, 1.54) is 35.7 Å². The molecule has 0 aliphatic carbocycles. The Balaban J connectivity index is 1.73. The van der Waals surface area contributed by atoms with Gasteiger partial charge in [-0.1, -0.05) is 47.7 Å². The van der Waals surface area contributed by atoms with E-state index >= 15 is 0 Å². The Kier molecular flexibility index (Phi) is 6.56. The van der Waals surface area contributed by atoms with E-state index < -0.39 is 4.92 Å². The minimum atomic E-state index is -0.455. The fourth-order valence-corrected chi connectivity index (χ4v) is 3.92. The van der Waals surface area contributed by atoms with Gasteiger partial charge < -0.3 is 0 Å². The Hall–Kier alpha value is -3.26. The first kappa shape index (κ1) is 20.5. The number of aryl methyl sites for hydroxylation is 1. The first-order valence-electron chi connectivity index (χ1n) is 8.98. The van der Waals surface area contributed by atoms with E-state index in [-0.39, 0.29) is 16.8 Å². The zero-order valence-corrected chi connectivity index (χ0v) is 16.7. The van der Waals surface area contributed by atoms with E-state index in [2.05, 4.69) is 16.8 Å². The second-order valence-electron chi connectivity index (χ2n) is 6.51. The van der Waals surface area contributed by atoms with Crippen molar-refractivity contribution < 1.29 is 9.72 Å². The maximum Gasteiger partial charge on any atom is 0.269 e. The van der Waals surface area contributed by atoms with Crippen LogP contribution in [0.15, 0.2) is 71.4 Å². The molecule has 1 unspecified atom stereocenters. The Labute approximate surface area is 173 Å². The second-order valence-corrected chi connectivity index (χ2v) is 7.68. The zero-order chi connectivity index (χ0) is 20.8. The van der Waals surface area contributed by atoms with Crippen molar-refractivity contribution in [2.45, 2.75) is 18.6 Å². The average molecular weight is 408 g/mol. The van der Waals surface area contributed by atoms with Crippen LogP contribution in [0.1, 0.15) is 16.7 Å². The molecule has 0 bridgehead atoms. The number of non-ortho nitro benzene ring substituents is 1. The van der Waals surface area contributed by atoms with Crippen molar-refractivity contribution in [3.63, 3.8) is 0 Å². The lowest BCUT2D eigenvalue weighted by atomic mass is 10.1. The Morgan fingerprint density at radius 3 is 2.52 bits per heavy atom. The third-order valence-electron chi connectivity index (χ3n) is 4.33. The summed E-state index contributed by atoms with van der Waals surface area (Å²) in [6.07, 6.45) is 3.77. The number of benzene rings is 2. The lowest BCUT2D eigenvalue weighted by molar-refractivity contribution is -0.384. The monoisotopic (exact) mass is 408 g/mol. The normalized spacial score (nSPS) is 18.0. The minimum Gasteiger partial charge on any atom is -0.285 e. The number of nitrogens with zero attached hydrogens (tertiary/aromatic N) is 4. The number of amidine groups is 1. The van der Waals surface area contributed by atoms with Gasteiger partial charge in [0.05, 0.1) is 16.4 Å². The van der Waals surface area contributed by atoms with Gasteiger partial charge in [0.1, 0.15) is 0 Å². The molecule has 0 spiro atoms. The van der Waals surface area contributed by atoms with Crippen molar-refractivity contribution in [3.05, 3.63) is 88.0 Å². The SMILES string of the molecule is C=CCN1C(=O)C(Cc2ccc(C)cc2)SC1=NN=Cc1ccc([N+](=O)[O-])cc1. The number of amides is 1. The lowest BCUT2D eigenvalue weighted by Gasteiger charge is -2.12. The zero-order valence-electron chi connectivity index (χ0n) is 15.9. The molecule has 0 aromatic heterocycles. The summed E-state index contributed by atoms with van der Waals surface area (Å²) in [5, 5.41) is 19.2. The van der Waals surface area contributed by atoms with E-state index in [4.69, 9.17) is 0 Å². The van der Waals surface area contributed by atoms with Crippen LogP contribution in [-0.2, 0) is 11.2 Å². The smallest absolute Gasteiger partial charge is 0.269 e. The number of carbonyl (C=O) groups is 1. The maximum absolute atomic E-state index is 12.8. The number of nitro benzene ring substituents is 1. The summed E-state index contributed by atoms with van der Waals surface area (Å²) < 4.78 is 0. The Morgan fingerprint density at radius 2 is 1.90 bits per heavy atom. The molecule has 1 fully saturated rings. The predicted octanol–water partition coefficient (Wildman–Crippen LogP) is 3.97. The first-order chi connectivity index (χ1) is 14.0. The molecule has 148 valence electrons. The highest BCUT2D eigenvalue weighted by atomic mass is 32.2. The first-order valence-corrected chi connectivity index (χ1v) is 9.86. The molecule has 1 saturated heterocycles. The van der Waals surface area contributed by atoms with E-state index in [9.17, 15) is 14.9 Å². The summed E-state index contributed by atoms with van der Waals surface area (Å²) in [6.45, 7) is 6.10. The largest absolute Gasteiger partial charge is 0.285 e. The van der Waals surface area contributed by atoms with Crippen LogP contribution >= 0.6 is 11.8 Å². The van der Waals surface area contributed by atoms with E-state index in [1.54, 1.807) is 23.1 Å². The number of nitro groups is 1. The summed E-state index contributed by atoms with van der Waals surface area (Å²) in [4.78, 5) is 24.6. The highest BCUT2D eigenvalue weighted by Gasteiger charge is 2.37. The number of rotatable bonds is 7. The van der Waals surface area contributed by atoms with Gasteiger partial charge in [0.25, 0.3) is 5.69 Å². The second kappa shape index (κ2) is 9.29. The number of thioether (sulfide) groups is 1. The number of hydrogen-bond acceptors (Lipinski definition) is 6. The van der Waals surface area contributed by atoms with Crippen LogP contribution in [0.5, 0.6) is 0 Å². The van der Waals surface area contributed by atoms with Gasteiger partial charge >= 0.3 is 0 Å². The molecule has 0 N–H and O–H groups in total. The molecule has 7 nitrogen and oxygen atoms in total. The molecular formula is C21H20N4O3S. The molecule has 1 amide bonds. The topological polar surface area (TPSA) is 88.2 Å². The van der Waals surface area contributed by atoms with Crippen LogP contribution in [0.3, 0.4) is 0 Å². The predicted molar refractivity (Wildman–Crippen MR) is 116 cm³/mol. The van der Waals surface area contributed by atoms with Crippen LogP contribution in [-0.4, -0.2) is 38.9 Å². The lowest BCUT2D eigenvalue weighted by Crippen LogP contribution is -2.32. The van der Waals surface area contributed by atoms with Crippen molar-refractivity contribution in [1.82, 2.24) is 4.90 Å². The standard InChI is InChI=1S/C21H20N4O3S/c1-3-12-24-20(26)19(13-16-6-4-15(2)5-7-16)29-21(24)23-22-14-17-8-10-18(11-9-17)25(27)28/h3-11,14,19H,1,12-13H2,2H3. The minimum absolute atomic E-state index is 0.0141. The average Bonchev–Trinajstić information content (AvgIpc) is 2.99. The summed E-state index contributed by atoms with van der Waals surface area (Å²) in [6, 6.07) is 14.1. The van der Waals surface area contributed by atoms with Gasteiger partial charge in [-0.3, -0.25) is 19.8 Å². The van der Waals surface area contributed by atoms with E-state index in [0.29, 0.717) is 23.7 Å². The number of carbonyl (C=O) groups excluding carboxylic acids is 1. The van der Waals surface area contributed by atoms with E-state index in [1.807, 2.05) is 31.2 Å². The van der Waals surface area contributed by atoms with Gasteiger partial charge in [0, 0.05) is 18.7 Å². The van der Waals surface area contributed by atoms with Crippen molar-refractivity contribution >= 4 is 34.7 Å². The summed E-state index contributed by atoms with van der Waals surface area (Å²) in [5.41, 5.74) is 2.97. The van der Waals surface area contributed by atoms with Gasteiger partial charge in [-0.2, -0.15) is 5.10 Å². The molecule has 1 aliphatic rings. The van der Waals surface area contributed by atoms with Gasteiger partial charge in [0.2, 0.25) is 5.91 Å². The quantitative estimate of drug-likeness (QED) is 0.300. The molecule has 2 aromatic carbocycles. The molecule has 8 heteroatoms. The number of hydrogen-bond donors (Lipinski definition) is 0. The van der Waals surface area contributed by atoms with Crippen LogP contribution in [0.25, 0.3) is 0 Å². The van der Waals surface area contributed by atoms with Gasteiger partial charge in [-0.05, 0) is 36.6 Å². The molecule has 1 aliphatic heterocycles. The summed E-state index contributed by atoms with van der Waals surface area (Å²) in [7, 11) is 0. The van der Waals surface area contributed by atoms with Crippen molar-refractivity contribution in [2.24, 2.45) is 10.2 Å². The summed E-state index contributed by atoms with van der Waals surface area (Å²) >= 11 is 1.38. The molecule has 0 radical (unpaired) electrons. The summed E-state index contributed by atoms with van der Waals surface area (Å²) in [5.74, 6) is -0.0141.